The molecule has 1 N–H and O–H groups in total. The minimum atomic E-state index is -1.04. The summed E-state index contributed by atoms with van der Waals surface area (Å²) in [6.45, 7) is 0.522. The van der Waals surface area contributed by atoms with Crippen LogP contribution in [0.5, 0.6) is 11.6 Å². The first-order valence-corrected chi connectivity index (χ1v) is 7.56. The largest absolute Gasteiger partial charge is 0.497 e. The Balaban J connectivity index is 2.06. The predicted octanol–water partition coefficient (Wildman–Crippen LogP) is 2.59. The number of carbonyl (C=O) groups is 1. The highest BCUT2D eigenvalue weighted by Crippen LogP contribution is 2.28. The van der Waals surface area contributed by atoms with Crippen molar-refractivity contribution in [2.75, 3.05) is 14.2 Å². The van der Waals surface area contributed by atoms with E-state index in [2.05, 4.69) is 10.1 Å². The van der Waals surface area contributed by atoms with Gasteiger partial charge in [-0.2, -0.15) is 5.10 Å². The number of ether oxygens (including phenoxy) is 2. The molecule has 0 saturated heterocycles. The SMILES string of the molecule is COc1ccc(Cn2nc(/C=C/C(=O)O)c3c(OC)nccc32)cc1. The molecular formula is C18H17N3O4. The van der Waals surface area contributed by atoms with Crippen molar-refractivity contribution in [3.8, 4) is 11.6 Å². The predicted molar refractivity (Wildman–Crippen MR) is 92.8 cm³/mol. The molecule has 25 heavy (non-hydrogen) atoms. The topological polar surface area (TPSA) is 86.5 Å². The van der Waals surface area contributed by atoms with E-state index >= 15 is 0 Å². The van der Waals surface area contributed by atoms with Gasteiger partial charge in [0.2, 0.25) is 5.88 Å². The molecule has 7 heteroatoms. The third-order valence-corrected chi connectivity index (χ3v) is 3.73. The van der Waals surface area contributed by atoms with Crippen molar-refractivity contribution in [3.63, 3.8) is 0 Å². The zero-order valence-electron chi connectivity index (χ0n) is 13.8. The van der Waals surface area contributed by atoms with Gasteiger partial charge in [-0.3, -0.25) is 4.68 Å². The van der Waals surface area contributed by atoms with E-state index in [1.54, 1.807) is 18.0 Å². The number of carboxylic acids is 1. The standard InChI is InChI=1S/C18H17N3O4/c1-24-13-5-3-12(4-6-13)11-21-15-9-10-19-18(25-2)17(15)14(20-21)7-8-16(22)23/h3-10H,11H2,1-2H3,(H,22,23)/b8-7+. The van der Waals surface area contributed by atoms with Gasteiger partial charge in [-0.1, -0.05) is 12.1 Å². The van der Waals surface area contributed by atoms with Crippen LogP contribution in [0.4, 0.5) is 0 Å². The van der Waals surface area contributed by atoms with Crippen molar-refractivity contribution in [2.45, 2.75) is 6.54 Å². The fourth-order valence-corrected chi connectivity index (χ4v) is 2.57. The van der Waals surface area contributed by atoms with Crippen LogP contribution in [0, 0.1) is 0 Å². The highest BCUT2D eigenvalue weighted by atomic mass is 16.5. The van der Waals surface area contributed by atoms with Crippen molar-refractivity contribution < 1.29 is 19.4 Å². The first-order chi connectivity index (χ1) is 12.1. The molecule has 0 saturated carbocycles. The van der Waals surface area contributed by atoms with E-state index in [1.165, 1.54) is 13.2 Å². The molecule has 1 aromatic carbocycles. The summed E-state index contributed by atoms with van der Waals surface area (Å²) in [4.78, 5) is 15.0. The van der Waals surface area contributed by atoms with E-state index in [1.807, 2.05) is 30.3 Å². The van der Waals surface area contributed by atoms with Crippen molar-refractivity contribution in [3.05, 3.63) is 53.9 Å². The Hall–Kier alpha value is -3.35. The van der Waals surface area contributed by atoms with Crippen LogP contribution < -0.4 is 9.47 Å². The molecule has 3 rings (SSSR count). The second kappa shape index (κ2) is 7.04. The molecule has 128 valence electrons. The third-order valence-electron chi connectivity index (χ3n) is 3.73. The number of hydrogen-bond donors (Lipinski definition) is 1. The number of pyridine rings is 1. The van der Waals surface area contributed by atoms with E-state index in [4.69, 9.17) is 14.6 Å². The number of hydrogen-bond acceptors (Lipinski definition) is 5. The summed E-state index contributed by atoms with van der Waals surface area (Å²) in [6, 6.07) is 9.50. The van der Waals surface area contributed by atoms with E-state index < -0.39 is 5.97 Å². The molecule has 7 nitrogen and oxygen atoms in total. The average Bonchev–Trinajstić information content (AvgIpc) is 2.98. The van der Waals surface area contributed by atoms with E-state index in [0.717, 1.165) is 22.9 Å². The molecule has 0 amide bonds. The Bertz CT molecular complexity index is 929. The van der Waals surface area contributed by atoms with Gasteiger partial charge in [0.25, 0.3) is 0 Å². The van der Waals surface area contributed by atoms with Crippen molar-refractivity contribution >= 4 is 22.9 Å². The van der Waals surface area contributed by atoms with Gasteiger partial charge in [-0.15, -0.1) is 0 Å². The molecule has 0 atom stereocenters. The normalized spacial score (nSPS) is 11.1. The number of aliphatic carboxylic acids is 1. The lowest BCUT2D eigenvalue weighted by atomic mass is 10.2. The summed E-state index contributed by atoms with van der Waals surface area (Å²) >= 11 is 0. The second-order valence-electron chi connectivity index (χ2n) is 5.28. The van der Waals surface area contributed by atoms with Gasteiger partial charge in [0, 0.05) is 12.3 Å². The Morgan fingerprint density at radius 1 is 1.20 bits per heavy atom. The Morgan fingerprint density at radius 2 is 1.96 bits per heavy atom. The maximum Gasteiger partial charge on any atom is 0.328 e. The smallest absolute Gasteiger partial charge is 0.328 e. The number of fused-ring (bicyclic) bond motifs is 1. The molecule has 0 unspecified atom stereocenters. The van der Waals surface area contributed by atoms with E-state index in [9.17, 15) is 4.79 Å². The van der Waals surface area contributed by atoms with Crippen LogP contribution in [-0.2, 0) is 11.3 Å². The molecule has 0 spiro atoms. The fourth-order valence-electron chi connectivity index (χ4n) is 2.57. The molecule has 0 aliphatic carbocycles. The highest BCUT2D eigenvalue weighted by Gasteiger charge is 2.15. The van der Waals surface area contributed by atoms with Gasteiger partial charge in [-0.05, 0) is 29.8 Å². The molecule has 0 bridgehead atoms. The molecule has 0 radical (unpaired) electrons. The van der Waals surface area contributed by atoms with Crippen LogP contribution in [0.15, 0.2) is 42.6 Å². The molecule has 0 aliphatic rings. The maximum atomic E-state index is 10.8. The number of rotatable bonds is 6. The molecule has 2 heterocycles. The van der Waals surface area contributed by atoms with Gasteiger partial charge in [0.05, 0.1) is 37.4 Å². The van der Waals surface area contributed by atoms with Crippen molar-refractivity contribution in [1.82, 2.24) is 14.8 Å². The van der Waals surface area contributed by atoms with Crippen LogP contribution in [-0.4, -0.2) is 40.1 Å². The summed E-state index contributed by atoms with van der Waals surface area (Å²) in [7, 11) is 3.14. The molecule has 0 fully saturated rings. The maximum absolute atomic E-state index is 10.8. The number of methoxy groups -OCH3 is 2. The third kappa shape index (κ3) is 3.45. The number of carboxylic acid groups (broad SMARTS) is 1. The summed E-state index contributed by atoms with van der Waals surface area (Å²) in [5.41, 5.74) is 2.35. The first-order valence-electron chi connectivity index (χ1n) is 7.56. The lowest BCUT2D eigenvalue weighted by molar-refractivity contribution is -0.131. The van der Waals surface area contributed by atoms with Crippen LogP contribution in [0.3, 0.4) is 0 Å². The molecular weight excluding hydrogens is 322 g/mol. The van der Waals surface area contributed by atoms with Crippen molar-refractivity contribution in [2.24, 2.45) is 0 Å². The Morgan fingerprint density at radius 3 is 2.60 bits per heavy atom. The molecule has 2 aromatic heterocycles. The second-order valence-corrected chi connectivity index (χ2v) is 5.28. The minimum absolute atomic E-state index is 0.406. The van der Waals surface area contributed by atoms with Crippen LogP contribution in [0.1, 0.15) is 11.3 Å². The first kappa shape index (κ1) is 16.5. The molecule has 0 aliphatic heterocycles. The van der Waals surface area contributed by atoms with Gasteiger partial charge in [0.1, 0.15) is 5.75 Å². The lowest BCUT2D eigenvalue weighted by Gasteiger charge is -2.06. The van der Waals surface area contributed by atoms with Crippen LogP contribution in [0.25, 0.3) is 17.0 Å². The van der Waals surface area contributed by atoms with Crippen molar-refractivity contribution in [1.29, 1.82) is 0 Å². The summed E-state index contributed by atoms with van der Waals surface area (Å²) < 4.78 is 12.3. The summed E-state index contributed by atoms with van der Waals surface area (Å²) in [5, 5.41) is 14.1. The number of benzene rings is 1. The van der Waals surface area contributed by atoms with Crippen LogP contribution in [0.2, 0.25) is 0 Å². The number of aromatic nitrogens is 3. The van der Waals surface area contributed by atoms with Gasteiger partial charge < -0.3 is 14.6 Å². The van der Waals surface area contributed by atoms with E-state index in [-0.39, 0.29) is 0 Å². The summed E-state index contributed by atoms with van der Waals surface area (Å²) in [6.07, 6.45) is 4.13. The zero-order valence-corrected chi connectivity index (χ0v) is 13.8. The van der Waals surface area contributed by atoms with Gasteiger partial charge in [0.15, 0.2) is 0 Å². The Labute approximate surface area is 144 Å². The summed E-state index contributed by atoms with van der Waals surface area (Å²) in [5.74, 6) is 0.147. The average molecular weight is 339 g/mol. The molecule has 3 aromatic rings. The van der Waals surface area contributed by atoms with Gasteiger partial charge in [-0.25, -0.2) is 9.78 Å². The van der Waals surface area contributed by atoms with Crippen LogP contribution >= 0.6 is 0 Å². The quantitative estimate of drug-likeness (QED) is 0.695. The van der Waals surface area contributed by atoms with E-state index in [0.29, 0.717) is 23.5 Å². The zero-order chi connectivity index (χ0) is 17.8. The highest BCUT2D eigenvalue weighted by molar-refractivity contribution is 5.94. The Kier molecular flexibility index (Phi) is 4.65. The fraction of sp³-hybridized carbons (Fsp3) is 0.167. The minimum Gasteiger partial charge on any atom is -0.497 e. The monoisotopic (exact) mass is 339 g/mol. The lowest BCUT2D eigenvalue weighted by Crippen LogP contribution is -2.02. The van der Waals surface area contributed by atoms with Gasteiger partial charge >= 0.3 is 5.97 Å². The number of nitrogens with zero attached hydrogens (tertiary/aromatic N) is 3.